The molecule has 2 aliphatic heterocycles. The molecule has 0 spiro atoms. The van der Waals surface area contributed by atoms with Crippen molar-refractivity contribution in [1.82, 2.24) is 9.80 Å². The van der Waals surface area contributed by atoms with Crippen LogP contribution >= 0.6 is 0 Å². The molecule has 1 amide bonds. The SMILES string of the molecule is CC1CCCC(C)N1C(=O)CN1CCOC(CN)C1. The number of likely N-dealkylation sites (tertiary alicyclic amines) is 1. The number of amides is 1. The summed E-state index contributed by atoms with van der Waals surface area (Å²) in [6, 6.07) is 0.755. The fourth-order valence-corrected chi connectivity index (χ4v) is 3.25. The molecule has 2 N–H and O–H groups in total. The van der Waals surface area contributed by atoms with Gasteiger partial charge in [0.15, 0.2) is 0 Å². The smallest absolute Gasteiger partial charge is 0.237 e. The van der Waals surface area contributed by atoms with Crippen molar-refractivity contribution in [2.45, 2.75) is 51.3 Å². The van der Waals surface area contributed by atoms with E-state index in [0.717, 1.165) is 25.9 Å². The Labute approximate surface area is 116 Å². The van der Waals surface area contributed by atoms with Crippen molar-refractivity contribution in [2.75, 3.05) is 32.8 Å². The molecule has 0 radical (unpaired) electrons. The van der Waals surface area contributed by atoms with Gasteiger partial charge in [0.05, 0.1) is 19.3 Å². The van der Waals surface area contributed by atoms with E-state index in [0.29, 0.717) is 31.8 Å². The molecule has 2 rings (SSSR count). The van der Waals surface area contributed by atoms with Gasteiger partial charge in [-0.3, -0.25) is 9.69 Å². The third-order valence-corrected chi connectivity index (χ3v) is 4.33. The van der Waals surface area contributed by atoms with Crippen molar-refractivity contribution in [1.29, 1.82) is 0 Å². The highest BCUT2D eigenvalue weighted by Crippen LogP contribution is 2.22. The van der Waals surface area contributed by atoms with Crippen LogP contribution in [0.5, 0.6) is 0 Å². The molecule has 0 bridgehead atoms. The van der Waals surface area contributed by atoms with Gasteiger partial charge in [-0.15, -0.1) is 0 Å². The van der Waals surface area contributed by atoms with E-state index in [9.17, 15) is 4.79 Å². The average Bonchev–Trinajstić information content (AvgIpc) is 2.38. The van der Waals surface area contributed by atoms with Gasteiger partial charge in [0.2, 0.25) is 5.91 Å². The van der Waals surface area contributed by atoms with E-state index in [1.54, 1.807) is 0 Å². The normalized spacial score (nSPS) is 33.4. The van der Waals surface area contributed by atoms with Gasteiger partial charge < -0.3 is 15.4 Å². The van der Waals surface area contributed by atoms with Crippen molar-refractivity contribution in [2.24, 2.45) is 5.73 Å². The minimum atomic E-state index is 0.0813. The largest absolute Gasteiger partial charge is 0.374 e. The third kappa shape index (κ3) is 3.68. The van der Waals surface area contributed by atoms with Crippen LogP contribution in [0.4, 0.5) is 0 Å². The number of hydrogen-bond donors (Lipinski definition) is 1. The topological polar surface area (TPSA) is 58.8 Å². The first-order valence-electron chi connectivity index (χ1n) is 7.47. The molecule has 0 aromatic heterocycles. The molecule has 2 fully saturated rings. The summed E-state index contributed by atoms with van der Waals surface area (Å²) in [7, 11) is 0. The maximum absolute atomic E-state index is 12.5. The van der Waals surface area contributed by atoms with Crippen LogP contribution in [0.15, 0.2) is 0 Å². The van der Waals surface area contributed by atoms with Crippen LogP contribution in [-0.2, 0) is 9.53 Å². The fraction of sp³-hybridized carbons (Fsp3) is 0.929. The Morgan fingerprint density at radius 1 is 1.32 bits per heavy atom. The summed E-state index contributed by atoms with van der Waals surface area (Å²) in [4.78, 5) is 16.8. The van der Waals surface area contributed by atoms with Crippen molar-refractivity contribution in [3.8, 4) is 0 Å². The zero-order valence-corrected chi connectivity index (χ0v) is 12.2. The van der Waals surface area contributed by atoms with E-state index < -0.39 is 0 Å². The number of rotatable bonds is 3. The van der Waals surface area contributed by atoms with E-state index in [1.807, 2.05) is 0 Å². The summed E-state index contributed by atoms with van der Waals surface area (Å²) < 4.78 is 5.54. The van der Waals surface area contributed by atoms with Crippen LogP contribution < -0.4 is 5.73 Å². The zero-order chi connectivity index (χ0) is 13.8. The lowest BCUT2D eigenvalue weighted by Gasteiger charge is -2.41. The quantitative estimate of drug-likeness (QED) is 0.807. The summed E-state index contributed by atoms with van der Waals surface area (Å²) in [5, 5.41) is 0. The second kappa shape index (κ2) is 6.68. The molecule has 0 aromatic carbocycles. The molecule has 110 valence electrons. The van der Waals surface area contributed by atoms with Crippen LogP contribution in [-0.4, -0.2) is 66.7 Å². The second-order valence-corrected chi connectivity index (χ2v) is 5.89. The Kier molecular flexibility index (Phi) is 5.19. The van der Waals surface area contributed by atoms with E-state index >= 15 is 0 Å². The summed E-state index contributed by atoms with van der Waals surface area (Å²) >= 11 is 0. The standard InChI is InChI=1S/C14H27N3O2/c1-11-4-3-5-12(2)17(11)14(18)10-16-6-7-19-13(8-15)9-16/h11-13H,3-10,15H2,1-2H3. The van der Waals surface area contributed by atoms with Gasteiger partial charge in [-0.05, 0) is 33.1 Å². The van der Waals surface area contributed by atoms with Crippen molar-refractivity contribution >= 4 is 5.91 Å². The van der Waals surface area contributed by atoms with Gasteiger partial charge in [-0.25, -0.2) is 0 Å². The Hall–Kier alpha value is -0.650. The lowest BCUT2D eigenvalue weighted by Crippen LogP contribution is -2.54. The molecule has 2 aliphatic rings. The number of nitrogens with zero attached hydrogens (tertiary/aromatic N) is 2. The van der Waals surface area contributed by atoms with Crippen LogP contribution in [0.1, 0.15) is 33.1 Å². The van der Waals surface area contributed by atoms with Gasteiger partial charge in [0.1, 0.15) is 0 Å². The highest BCUT2D eigenvalue weighted by atomic mass is 16.5. The Morgan fingerprint density at radius 3 is 2.63 bits per heavy atom. The number of hydrogen-bond acceptors (Lipinski definition) is 4. The number of carbonyl (C=O) groups excluding carboxylic acids is 1. The van der Waals surface area contributed by atoms with E-state index in [2.05, 4.69) is 23.6 Å². The third-order valence-electron chi connectivity index (χ3n) is 4.33. The number of nitrogens with two attached hydrogens (primary N) is 1. The number of piperidine rings is 1. The number of ether oxygens (including phenoxy) is 1. The van der Waals surface area contributed by atoms with Crippen LogP contribution in [0.2, 0.25) is 0 Å². The van der Waals surface area contributed by atoms with Gasteiger partial charge in [-0.2, -0.15) is 0 Å². The molecule has 2 saturated heterocycles. The molecular weight excluding hydrogens is 242 g/mol. The highest BCUT2D eigenvalue weighted by molar-refractivity contribution is 5.79. The minimum Gasteiger partial charge on any atom is -0.374 e. The van der Waals surface area contributed by atoms with Gasteiger partial charge >= 0.3 is 0 Å². The average molecular weight is 269 g/mol. The lowest BCUT2D eigenvalue weighted by atomic mass is 9.97. The molecule has 2 heterocycles. The minimum absolute atomic E-state index is 0.0813. The Bertz CT molecular complexity index is 301. The van der Waals surface area contributed by atoms with Crippen molar-refractivity contribution in [3.05, 3.63) is 0 Å². The predicted octanol–water partition coefficient (Wildman–Crippen LogP) is 0.435. The maximum atomic E-state index is 12.5. The lowest BCUT2D eigenvalue weighted by molar-refractivity contribution is -0.140. The first-order valence-corrected chi connectivity index (χ1v) is 7.47. The summed E-state index contributed by atoms with van der Waals surface area (Å²) in [5.74, 6) is 0.261. The molecule has 5 heteroatoms. The van der Waals surface area contributed by atoms with Crippen molar-refractivity contribution in [3.63, 3.8) is 0 Å². The molecule has 3 atom stereocenters. The fourth-order valence-electron chi connectivity index (χ4n) is 3.25. The monoisotopic (exact) mass is 269 g/mol. The number of carbonyl (C=O) groups is 1. The molecule has 3 unspecified atom stereocenters. The molecule has 0 aromatic rings. The summed E-state index contributed by atoms with van der Waals surface area (Å²) in [6.45, 7) is 7.65. The zero-order valence-electron chi connectivity index (χ0n) is 12.2. The first kappa shape index (κ1) is 14.8. The number of morpholine rings is 1. The predicted molar refractivity (Wildman–Crippen MR) is 74.9 cm³/mol. The van der Waals surface area contributed by atoms with E-state index in [4.69, 9.17) is 10.5 Å². The molecule has 5 nitrogen and oxygen atoms in total. The van der Waals surface area contributed by atoms with Gasteiger partial charge in [-0.1, -0.05) is 0 Å². The van der Waals surface area contributed by atoms with E-state index in [1.165, 1.54) is 6.42 Å². The maximum Gasteiger partial charge on any atom is 0.237 e. The Balaban J connectivity index is 1.89. The summed E-state index contributed by atoms with van der Waals surface area (Å²) in [6.07, 6.45) is 3.58. The summed E-state index contributed by atoms with van der Waals surface area (Å²) in [5.41, 5.74) is 5.64. The Morgan fingerprint density at radius 2 is 2.00 bits per heavy atom. The first-order chi connectivity index (χ1) is 9.11. The van der Waals surface area contributed by atoms with Gasteiger partial charge in [0.25, 0.3) is 0 Å². The van der Waals surface area contributed by atoms with Crippen LogP contribution in [0, 0.1) is 0 Å². The van der Waals surface area contributed by atoms with Crippen molar-refractivity contribution < 1.29 is 9.53 Å². The van der Waals surface area contributed by atoms with Crippen LogP contribution in [0.3, 0.4) is 0 Å². The molecule has 0 aliphatic carbocycles. The molecule has 0 saturated carbocycles. The second-order valence-electron chi connectivity index (χ2n) is 5.89. The molecule has 19 heavy (non-hydrogen) atoms. The van der Waals surface area contributed by atoms with Gasteiger partial charge in [0, 0.05) is 31.7 Å². The highest BCUT2D eigenvalue weighted by Gasteiger charge is 2.30. The molecular formula is C14H27N3O2. The van der Waals surface area contributed by atoms with E-state index in [-0.39, 0.29) is 12.0 Å². The van der Waals surface area contributed by atoms with Crippen LogP contribution in [0.25, 0.3) is 0 Å².